The lowest BCUT2D eigenvalue weighted by atomic mass is 9.86. The number of aryl methyl sites for hydroxylation is 1. The zero-order valence-electron chi connectivity index (χ0n) is 15.6. The van der Waals surface area contributed by atoms with Crippen molar-refractivity contribution in [2.24, 2.45) is 5.92 Å². The Kier molecular flexibility index (Phi) is 5.16. The molecule has 0 bridgehead atoms. The number of para-hydroxylation sites is 1. The van der Waals surface area contributed by atoms with Crippen molar-refractivity contribution in [1.29, 1.82) is 0 Å². The third-order valence-corrected chi connectivity index (χ3v) is 5.50. The van der Waals surface area contributed by atoms with Gasteiger partial charge in [-0.25, -0.2) is 4.98 Å². The third kappa shape index (κ3) is 4.01. The topological polar surface area (TPSA) is 57.8 Å². The highest BCUT2D eigenvalue weighted by Gasteiger charge is 2.21. The van der Waals surface area contributed by atoms with Gasteiger partial charge in [-0.05, 0) is 42.0 Å². The van der Waals surface area contributed by atoms with E-state index >= 15 is 0 Å². The number of nitrogens with one attached hydrogen (secondary N) is 2. The molecular formula is C23H25N3O. The lowest BCUT2D eigenvalue weighted by molar-refractivity contribution is 0.364. The van der Waals surface area contributed by atoms with Crippen molar-refractivity contribution in [3.05, 3.63) is 82.4 Å². The number of nitrogens with zero attached hydrogens (tertiary/aromatic N) is 1. The second-order valence-corrected chi connectivity index (χ2v) is 7.36. The summed E-state index contributed by atoms with van der Waals surface area (Å²) in [5.74, 6) is 1.27. The fourth-order valence-electron chi connectivity index (χ4n) is 3.84. The number of hydrogen-bond acceptors (Lipinski definition) is 3. The molecule has 0 amide bonds. The molecule has 4 heteroatoms. The zero-order valence-corrected chi connectivity index (χ0v) is 15.6. The summed E-state index contributed by atoms with van der Waals surface area (Å²) >= 11 is 0. The molecule has 1 aliphatic heterocycles. The molecule has 0 saturated heterocycles. The van der Waals surface area contributed by atoms with E-state index in [1.807, 2.05) is 24.3 Å². The van der Waals surface area contributed by atoms with Crippen LogP contribution in [0.15, 0.2) is 65.5 Å². The predicted molar refractivity (Wildman–Crippen MR) is 111 cm³/mol. The minimum Gasteiger partial charge on any atom is -0.310 e. The van der Waals surface area contributed by atoms with Gasteiger partial charge in [0.2, 0.25) is 0 Å². The van der Waals surface area contributed by atoms with Gasteiger partial charge < -0.3 is 10.3 Å². The van der Waals surface area contributed by atoms with Crippen LogP contribution in [-0.2, 0) is 6.42 Å². The van der Waals surface area contributed by atoms with E-state index < -0.39 is 0 Å². The maximum atomic E-state index is 12.2. The second-order valence-electron chi connectivity index (χ2n) is 7.36. The first-order valence-electron chi connectivity index (χ1n) is 9.66. The molecule has 1 aromatic heterocycles. The molecule has 2 aromatic carbocycles. The van der Waals surface area contributed by atoms with Gasteiger partial charge in [0.15, 0.2) is 0 Å². The van der Waals surface area contributed by atoms with Crippen LogP contribution in [0.3, 0.4) is 0 Å². The summed E-state index contributed by atoms with van der Waals surface area (Å²) in [5.41, 5.74) is 3.46. The number of rotatable bonds is 5. The third-order valence-electron chi connectivity index (χ3n) is 5.50. The quantitative estimate of drug-likeness (QED) is 0.725. The molecule has 4 nitrogen and oxygen atoms in total. The van der Waals surface area contributed by atoms with Crippen LogP contribution < -0.4 is 10.9 Å². The zero-order chi connectivity index (χ0) is 18.6. The molecule has 2 N–H and O–H groups in total. The Balaban J connectivity index is 1.42. The fourth-order valence-corrected chi connectivity index (χ4v) is 3.84. The van der Waals surface area contributed by atoms with E-state index in [0.29, 0.717) is 17.3 Å². The van der Waals surface area contributed by atoms with E-state index in [2.05, 4.69) is 58.6 Å². The van der Waals surface area contributed by atoms with E-state index in [9.17, 15) is 4.79 Å². The Labute approximate surface area is 159 Å². The van der Waals surface area contributed by atoms with Crippen LogP contribution in [-0.4, -0.2) is 22.6 Å². The van der Waals surface area contributed by atoms with Gasteiger partial charge in [0.05, 0.1) is 10.9 Å². The molecule has 138 valence electrons. The van der Waals surface area contributed by atoms with Crippen LogP contribution in [0.4, 0.5) is 0 Å². The molecule has 1 aliphatic rings. The van der Waals surface area contributed by atoms with Gasteiger partial charge in [0.25, 0.3) is 5.56 Å². The van der Waals surface area contributed by atoms with Crippen LogP contribution >= 0.6 is 0 Å². The maximum Gasteiger partial charge on any atom is 0.258 e. The van der Waals surface area contributed by atoms with Crippen molar-refractivity contribution in [2.75, 3.05) is 6.54 Å². The van der Waals surface area contributed by atoms with Crippen LogP contribution in [0.2, 0.25) is 0 Å². The minimum absolute atomic E-state index is 0.0478. The maximum absolute atomic E-state index is 12.2. The first-order chi connectivity index (χ1) is 13.2. The van der Waals surface area contributed by atoms with Crippen molar-refractivity contribution in [1.82, 2.24) is 15.3 Å². The molecule has 27 heavy (non-hydrogen) atoms. The van der Waals surface area contributed by atoms with E-state index in [1.165, 1.54) is 11.1 Å². The van der Waals surface area contributed by atoms with Crippen LogP contribution in [0.1, 0.15) is 31.2 Å². The van der Waals surface area contributed by atoms with Crippen LogP contribution in [0.25, 0.3) is 16.5 Å². The standard InChI is InChI=1S/C23H25N3O/c1-16(21-15-18(13-14-24-21)17-7-3-2-4-8-17)11-12-22-25-20-10-6-5-9-19(20)23(27)26-22/h2-10,13,16,21,24H,11-12,14-15H2,1H3,(H,25,26,27). The largest absolute Gasteiger partial charge is 0.310 e. The average Bonchev–Trinajstić information content (AvgIpc) is 2.73. The summed E-state index contributed by atoms with van der Waals surface area (Å²) in [6.07, 6.45) is 5.10. The molecule has 0 aliphatic carbocycles. The van der Waals surface area contributed by atoms with Crippen molar-refractivity contribution in [3.63, 3.8) is 0 Å². The number of aromatic amines is 1. The van der Waals surface area contributed by atoms with Gasteiger partial charge in [0, 0.05) is 19.0 Å². The van der Waals surface area contributed by atoms with Crippen molar-refractivity contribution >= 4 is 16.5 Å². The Bertz CT molecular complexity index is 1010. The Hall–Kier alpha value is -2.72. The summed E-state index contributed by atoms with van der Waals surface area (Å²) < 4.78 is 0. The molecule has 0 spiro atoms. The Morgan fingerprint density at radius 1 is 1.11 bits per heavy atom. The number of H-pyrrole nitrogens is 1. The van der Waals surface area contributed by atoms with Crippen molar-refractivity contribution in [2.45, 2.75) is 32.2 Å². The molecule has 2 atom stereocenters. The molecule has 0 saturated carbocycles. The first-order valence-corrected chi connectivity index (χ1v) is 9.66. The number of fused-ring (bicyclic) bond motifs is 1. The SMILES string of the molecule is CC(CCc1nc2ccccc2c(=O)[nH]1)C1CC(c2ccccc2)=CCN1. The van der Waals surface area contributed by atoms with E-state index in [4.69, 9.17) is 0 Å². The van der Waals surface area contributed by atoms with Gasteiger partial charge in [-0.15, -0.1) is 0 Å². The molecule has 0 radical (unpaired) electrons. The van der Waals surface area contributed by atoms with Crippen LogP contribution in [0.5, 0.6) is 0 Å². The summed E-state index contributed by atoms with van der Waals surface area (Å²) in [4.78, 5) is 19.8. The molecule has 3 aromatic rings. The normalized spacial score (nSPS) is 18.3. The smallest absolute Gasteiger partial charge is 0.258 e. The lowest BCUT2D eigenvalue weighted by Gasteiger charge is -2.29. The molecule has 0 fully saturated rings. The second kappa shape index (κ2) is 7.89. The van der Waals surface area contributed by atoms with E-state index in [0.717, 1.165) is 37.1 Å². The van der Waals surface area contributed by atoms with Gasteiger partial charge in [-0.3, -0.25) is 4.79 Å². The molecule has 4 rings (SSSR count). The highest BCUT2D eigenvalue weighted by molar-refractivity contribution is 5.77. The summed E-state index contributed by atoms with van der Waals surface area (Å²) in [7, 11) is 0. The lowest BCUT2D eigenvalue weighted by Crippen LogP contribution is -2.38. The molecule has 2 heterocycles. The fraction of sp³-hybridized carbons (Fsp3) is 0.304. The summed E-state index contributed by atoms with van der Waals surface area (Å²) in [5, 5.41) is 4.28. The summed E-state index contributed by atoms with van der Waals surface area (Å²) in [6, 6.07) is 18.6. The highest BCUT2D eigenvalue weighted by atomic mass is 16.1. The van der Waals surface area contributed by atoms with Gasteiger partial charge in [0.1, 0.15) is 5.82 Å². The molecular weight excluding hydrogens is 334 g/mol. The van der Waals surface area contributed by atoms with Crippen LogP contribution in [0, 0.1) is 5.92 Å². The first kappa shape index (κ1) is 17.7. The van der Waals surface area contributed by atoms with Crippen molar-refractivity contribution < 1.29 is 0 Å². The Morgan fingerprint density at radius 2 is 1.89 bits per heavy atom. The number of hydrogen-bond donors (Lipinski definition) is 2. The number of aromatic nitrogens is 2. The van der Waals surface area contributed by atoms with Gasteiger partial charge in [-0.2, -0.15) is 0 Å². The van der Waals surface area contributed by atoms with Gasteiger partial charge >= 0.3 is 0 Å². The van der Waals surface area contributed by atoms with E-state index in [1.54, 1.807) is 0 Å². The van der Waals surface area contributed by atoms with E-state index in [-0.39, 0.29) is 5.56 Å². The number of benzene rings is 2. The molecule has 2 unspecified atom stereocenters. The summed E-state index contributed by atoms with van der Waals surface area (Å²) in [6.45, 7) is 3.19. The highest BCUT2D eigenvalue weighted by Crippen LogP contribution is 2.27. The van der Waals surface area contributed by atoms with Crippen molar-refractivity contribution in [3.8, 4) is 0 Å². The monoisotopic (exact) mass is 359 g/mol. The average molecular weight is 359 g/mol. The Morgan fingerprint density at radius 3 is 2.74 bits per heavy atom. The van der Waals surface area contributed by atoms with Gasteiger partial charge in [-0.1, -0.05) is 55.5 Å². The predicted octanol–water partition coefficient (Wildman–Crippen LogP) is 3.94. The minimum atomic E-state index is -0.0478.